The molecular formula is C16H21F2NO2S. The first-order chi connectivity index (χ1) is 10.4. The van der Waals surface area contributed by atoms with Gasteiger partial charge in [-0.05, 0) is 43.7 Å². The van der Waals surface area contributed by atoms with Crippen molar-refractivity contribution in [2.75, 3.05) is 18.8 Å². The molecule has 122 valence electrons. The van der Waals surface area contributed by atoms with Gasteiger partial charge in [-0.15, -0.1) is 6.58 Å². The molecule has 0 bridgehead atoms. The van der Waals surface area contributed by atoms with E-state index in [-0.39, 0.29) is 17.2 Å². The van der Waals surface area contributed by atoms with Crippen molar-refractivity contribution in [1.82, 2.24) is 4.31 Å². The molecule has 0 radical (unpaired) electrons. The predicted octanol–water partition coefficient (Wildman–Crippen LogP) is 3.13. The normalized spacial score (nSPS) is 20.0. The largest absolute Gasteiger partial charge is 0.217 e. The topological polar surface area (TPSA) is 37.4 Å². The lowest BCUT2D eigenvalue weighted by molar-refractivity contribution is 0.255. The molecule has 1 saturated heterocycles. The van der Waals surface area contributed by atoms with Gasteiger partial charge in [0.15, 0.2) is 0 Å². The molecule has 0 N–H and O–H groups in total. The van der Waals surface area contributed by atoms with Gasteiger partial charge in [-0.25, -0.2) is 21.5 Å². The van der Waals surface area contributed by atoms with Crippen LogP contribution in [-0.2, 0) is 16.4 Å². The first-order valence-corrected chi connectivity index (χ1v) is 9.06. The lowest BCUT2D eigenvalue weighted by Gasteiger charge is -2.31. The summed E-state index contributed by atoms with van der Waals surface area (Å²) in [6.07, 6.45) is 3.92. The van der Waals surface area contributed by atoms with Crippen LogP contribution in [0, 0.1) is 17.6 Å². The van der Waals surface area contributed by atoms with E-state index in [0.717, 1.165) is 12.8 Å². The molecule has 6 heteroatoms. The van der Waals surface area contributed by atoms with Crippen molar-refractivity contribution in [2.24, 2.45) is 5.92 Å². The Hall–Kier alpha value is -1.27. The van der Waals surface area contributed by atoms with E-state index in [1.165, 1.54) is 28.6 Å². The van der Waals surface area contributed by atoms with Gasteiger partial charge in [-0.1, -0.05) is 12.1 Å². The highest BCUT2D eigenvalue weighted by molar-refractivity contribution is 7.89. The smallest absolute Gasteiger partial charge is 0.212 e. The Labute approximate surface area is 130 Å². The van der Waals surface area contributed by atoms with Gasteiger partial charge < -0.3 is 0 Å². The van der Waals surface area contributed by atoms with Gasteiger partial charge in [0.2, 0.25) is 10.0 Å². The second-order valence-electron chi connectivity index (χ2n) is 5.67. The molecule has 1 aromatic rings. The molecule has 2 rings (SSSR count). The highest BCUT2D eigenvalue weighted by Gasteiger charge is 2.28. The van der Waals surface area contributed by atoms with E-state index >= 15 is 0 Å². The third-order valence-corrected chi connectivity index (χ3v) is 5.84. The van der Waals surface area contributed by atoms with Crippen molar-refractivity contribution in [3.8, 4) is 0 Å². The van der Waals surface area contributed by atoms with E-state index < -0.39 is 21.7 Å². The zero-order valence-corrected chi connectivity index (χ0v) is 13.3. The molecule has 0 aromatic heterocycles. The zero-order valence-electron chi connectivity index (χ0n) is 12.5. The monoisotopic (exact) mass is 329 g/mol. The second-order valence-corrected chi connectivity index (χ2v) is 7.69. The van der Waals surface area contributed by atoms with Gasteiger partial charge in [0.25, 0.3) is 0 Å². The summed E-state index contributed by atoms with van der Waals surface area (Å²) in [5.41, 5.74) is 0.0913. The van der Waals surface area contributed by atoms with E-state index in [4.69, 9.17) is 0 Å². The summed E-state index contributed by atoms with van der Waals surface area (Å²) in [5.74, 6) is -1.01. The van der Waals surface area contributed by atoms with Gasteiger partial charge in [-0.3, -0.25) is 0 Å². The molecule has 1 aliphatic rings. The van der Waals surface area contributed by atoms with Crippen LogP contribution >= 0.6 is 0 Å². The molecule has 1 heterocycles. The number of sulfonamides is 1. The minimum Gasteiger partial charge on any atom is -0.212 e. The summed E-state index contributed by atoms with van der Waals surface area (Å²) in [6, 6.07) is 3.85. The van der Waals surface area contributed by atoms with Crippen molar-refractivity contribution < 1.29 is 17.2 Å². The second kappa shape index (κ2) is 7.33. The maximum Gasteiger partial charge on any atom is 0.217 e. The average Bonchev–Trinajstić information content (AvgIpc) is 2.47. The Bertz CT molecular complexity index is 611. The van der Waals surface area contributed by atoms with Crippen LogP contribution in [-0.4, -0.2) is 31.6 Å². The summed E-state index contributed by atoms with van der Waals surface area (Å²) in [5, 5.41) is 0. The minimum absolute atomic E-state index is 0.0678. The van der Waals surface area contributed by atoms with Crippen molar-refractivity contribution in [3.63, 3.8) is 0 Å². The van der Waals surface area contributed by atoms with Gasteiger partial charge in [0.05, 0.1) is 5.75 Å². The van der Waals surface area contributed by atoms with Crippen molar-refractivity contribution in [2.45, 2.75) is 25.7 Å². The molecule has 1 aromatic carbocycles. The van der Waals surface area contributed by atoms with Gasteiger partial charge in [-0.2, -0.15) is 0 Å². The molecule has 1 atom stereocenters. The first kappa shape index (κ1) is 17.1. The molecule has 0 unspecified atom stereocenters. The van der Waals surface area contributed by atoms with Crippen LogP contribution in [0.15, 0.2) is 30.9 Å². The van der Waals surface area contributed by atoms with Crippen molar-refractivity contribution in [1.29, 1.82) is 0 Å². The minimum atomic E-state index is -3.30. The fourth-order valence-corrected chi connectivity index (χ4v) is 4.24. The average molecular weight is 329 g/mol. The number of piperidine rings is 1. The molecular weight excluding hydrogens is 308 g/mol. The summed E-state index contributed by atoms with van der Waals surface area (Å²) < 4.78 is 52.8. The number of benzene rings is 1. The van der Waals surface area contributed by atoms with Crippen LogP contribution in [0.1, 0.15) is 24.8 Å². The third-order valence-electron chi connectivity index (χ3n) is 4.07. The predicted molar refractivity (Wildman–Crippen MR) is 83.0 cm³/mol. The number of nitrogens with zero attached hydrogens (tertiary/aromatic N) is 1. The van der Waals surface area contributed by atoms with Gasteiger partial charge in [0.1, 0.15) is 11.6 Å². The SMILES string of the molecule is C=CCS(=O)(=O)N1CCC[C@H](CCc2c(F)cccc2F)C1. The lowest BCUT2D eigenvalue weighted by atomic mass is 9.92. The van der Waals surface area contributed by atoms with E-state index in [1.807, 2.05) is 0 Å². The molecule has 0 spiro atoms. The summed E-state index contributed by atoms with van der Waals surface area (Å²) >= 11 is 0. The van der Waals surface area contributed by atoms with Crippen LogP contribution in [0.5, 0.6) is 0 Å². The first-order valence-electron chi connectivity index (χ1n) is 7.45. The fourth-order valence-electron chi connectivity index (χ4n) is 2.89. The maximum atomic E-state index is 13.6. The van der Waals surface area contributed by atoms with Gasteiger partial charge in [0, 0.05) is 18.7 Å². The Morgan fingerprint density at radius 2 is 2.00 bits per heavy atom. The standard InChI is InChI=1S/C16H21F2NO2S/c1-2-11-22(20,21)19-10-4-5-13(12-19)8-9-14-15(17)6-3-7-16(14)18/h2-3,6-7,13H,1,4-5,8-12H2/t13-/m1/s1. The molecule has 0 amide bonds. The number of halogens is 2. The van der Waals surface area contributed by atoms with E-state index in [2.05, 4.69) is 6.58 Å². The van der Waals surface area contributed by atoms with Crippen LogP contribution in [0.25, 0.3) is 0 Å². The Morgan fingerprint density at radius 1 is 1.32 bits per heavy atom. The highest BCUT2D eigenvalue weighted by atomic mass is 32.2. The Kier molecular flexibility index (Phi) is 5.69. The Morgan fingerprint density at radius 3 is 2.64 bits per heavy atom. The molecule has 0 aliphatic carbocycles. The molecule has 3 nitrogen and oxygen atoms in total. The van der Waals surface area contributed by atoms with Crippen LogP contribution in [0.4, 0.5) is 8.78 Å². The van der Waals surface area contributed by atoms with Crippen molar-refractivity contribution in [3.05, 3.63) is 48.1 Å². The van der Waals surface area contributed by atoms with Crippen molar-refractivity contribution >= 4 is 10.0 Å². The third kappa shape index (κ3) is 4.14. The van der Waals surface area contributed by atoms with Crippen LogP contribution in [0.2, 0.25) is 0 Å². The summed E-state index contributed by atoms with van der Waals surface area (Å²) in [6.45, 7) is 4.40. The van der Waals surface area contributed by atoms with E-state index in [0.29, 0.717) is 25.9 Å². The fraction of sp³-hybridized carbons (Fsp3) is 0.500. The zero-order chi connectivity index (χ0) is 16.2. The molecule has 22 heavy (non-hydrogen) atoms. The summed E-state index contributed by atoms with van der Waals surface area (Å²) in [4.78, 5) is 0. The quantitative estimate of drug-likeness (QED) is 0.752. The number of rotatable bonds is 6. The van der Waals surface area contributed by atoms with Crippen LogP contribution in [0.3, 0.4) is 0 Å². The Balaban J connectivity index is 1.98. The van der Waals surface area contributed by atoms with E-state index in [1.54, 1.807) is 0 Å². The van der Waals surface area contributed by atoms with Gasteiger partial charge >= 0.3 is 0 Å². The highest BCUT2D eigenvalue weighted by Crippen LogP contribution is 2.25. The lowest BCUT2D eigenvalue weighted by Crippen LogP contribution is -2.40. The maximum absolute atomic E-state index is 13.6. The number of hydrogen-bond acceptors (Lipinski definition) is 2. The summed E-state index contributed by atoms with van der Waals surface area (Å²) in [7, 11) is -3.30. The molecule has 1 fully saturated rings. The number of hydrogen-bond donors (Lipinski definition) is 0. The molecule has 1 aliphatic heterocycles. The van der Waals surface area contributed by atoms with E-state index in [9.17, 15) is 17.2 Å². The van der Waals surface area contributed by atoms with Crippen LogP contribution < -0.4 is 0 Å². The molecule has 0 saturated carbocycles.